The molecule has 182 valence electrons. The number of nitrogens with one attached hydrogen (secondary N) is 1. The quantitative estimate of drug-likeness (QED) is 0.530. The molecule has 2 aliphatic rings. The smallest absolute Gasteiger partial charge is 0.416 e. The van der Waals surface area contributed by atoms with Gasteiger partial charge in [-0.05, 0) is 70.6 Å². The van der Waals surface area contributed by atoms with Crippen molar-refractivity contribution in [2.24, 2.45) is 0 Å². The van der Waals surface area contributed by atoms with E-state index in [1.807, 2.05) is 6.92 Å². The summed E-state index contributed by atoms with van der Waals surface area (Å²) >= 11 is 0. The number of carboxylic acids is 1. The van der Waals surface area contributed by atoms with Crippen LogP contribution in [-0.2, 0) is 15.7 Å². The molecule has 1 saturated carbocycles. The van der Waals surface area contributed by atoms with Gasteiger partial charge in [0.25, 0.3) is 5.97 Å². The number of alkyl halides is 3. The number of aliphatic carboxylic acids is 1. The number of piperidine rings is 1. The Balaban J connectivity index is 0.000000837. The number of benzene rings is 1. The van der Waals surface area contributed by atoms with Gasteiger partial charge in [-0.1, -0.05) is 0 Å². The lowest BCUT2D eigenvalue weighted by molar-refractivity contribution is -0.137. The monoisotopic (exact) mass is 460 g/mol. The lowest BCUT2D eigenvalue weighted by Crippen LogP contribution is -2.53. The maximum absolute atomic E-state index is 12.9. The van der Waals surface area contributed by atoms with Crippen LogP contribution in [0, 0.1) is 0 Å². The SMILES string of the molecule is CC(=O)O.CCO[C@H]1CC[C@](C)(N2CCC(Nc3cc(C(F)(F)F)ccc3O)CC2)CC1. The highest BCUT2D eigenvalue weighted by atomic mass is 19.4. The van der Waals surface area contributed by atoms with E-state index in [2.05, 4.69) is 17.1 Å². The molecule has 1 heterocycles. The van der Waals surface area contributed by atoms with E-state index < -0.39 is 17.7 Å². The summed E-state index contributed by atoms with van der Waals surface area (Å²) in [5.41, 5.74) is -0.405. The molecule has 0 aromatic heterocycles. The molecule has 0 amide bonds. The van der Waals surface area contributed by atoms with Gasteiger partial charge in [-0.25, -0.2) is 0 Å². The molecule has 1 saturated heterocycles. The summed E-state index contributed by atoms with van der Waals surface area (Å²) in [5, 5.41) is 20.5. The van der Waals surface area contributed by atoms with Gasteiger partial charge in [0, 0.05) is 38.2 Å². The molecule has 1 aliphatic carbocycles. The van der Waals surface area contributed by atoms with Crippen LogP contribution in [0.5, 0.6) is 5.75 Å². The number of hydrogen-bond donors (Lipinski definition) is 3. The maximum Gasteiger partial charge on any atom is 0.416 e. The lowest BCUT2D eigenvalue weighted by atomic mass is 9.79. The van der Waals surface area contributed by atoms with Crippen molar-refractivity contribution in [1.82, 2.24) is 4.90 Å². The van der Waals surface area contributed by atoms with Crippen molar-refractivity contribution >= 4 is 11.7 Å². The van der Waals surface area contributed by atoms with Crippen LogP contribution < -0.4 is 5.32 Å². The van der Waals surface area contributed by atoms with E-state index in [0.717, 1.165) is 83.3 Å². The first-order valence-electron chi connectivity index (χ1n) is 11.2. The largest absolute Gasteiger partial charge is 0.506 e. The Hall–Kier alpha value is -2.00. The molecular formula is C23H35F3N2O4. The van der Waals surface area contributed by atoms with Crippen LogP contribution in [0.25, 0.3) is 0 Å². The summed E-state index contributed by atoms with van der Waals surface area (Å²) < 4.78 is 44.5. The second-order valence-electron chi connectivity index (χ2n) is 8.81. The number of phenols is 1. The van der Waals surface area contributed by atoms with Crippen molar-refractivity contribution in [2.45, 2.75) is 83.2 Å². The maximum atomic E-state index is 12.9. The molecule has 1 aromatic rings. The van der Waals surface area contributed by atoms with Crippen molar-refractivity contribution in [3.8, 4) is 5.75 Å². The fraction of sp³-hybridized carbons (Fsp3) is 0.696. The van der Waals surface area contributed by atoms with Gasteiger partial charge in [0.1, 0.15) is 5.75 Å². The Morgan fingerprint density at radius 2 is 1.78 bits per heavy atom. The van der Waals surface area contributed by atoms with Crippen LogP contribution in [0.4, 0.5) is 18.9 Å². The number of aromatic hydroxyl groups is 1. The minimum atomic E-state index is -4.41. The number of ether oxygens (including phenoxy) is 1. The normalized spacial score (nSPS) is 25.0. The summed E-state index contributed by atoms with van der Waals surface area (Å²) in [4.78, 5) is 11.5. The van der Waals surface area contributed by atoms with E-state index in [-0.39, 0.29) is 23.0 Å². The van der Waals surface area contributed by atoms with Crippen molar-refractivity contribution in [1.29, 1.82) is 0 Å². The molecule has 0 radical (unpaired) electrons. The second kappa shape index (κ2) is 11.2. The van der Waals surface area contributed by atoms with E-state index in [4.69, 9.17) is 14.6 Å². The average molecular weight is 461 g/mol. The predicted molar refractivity (Wildman–Crippen MR) is 117 cm³/mol. The second-order valence-corrected chi connectivity index (χ2v) is 8.81. The highest BCUT2D eigenvalue weighted by molar-refractivity contribution is 5.63. The number of halogens is 3. The van der Waals surface area contributed by atoms with Crippen LogP contribution in [0.15, 0.2) is 18.2 Å². The van der Waals surface area contributed by atoms with E-state index in [0.29, 0.717) is 6.10 Å². The Bertz CT molecular complexity index is 737. The third-order valence-corrected chi connectivity index (χ3v) is 6.35. The van der Waals surface area contributed by atoms with Crippen molar-refractivity contribution in [3.05, 3.63) is 23.8 Å². The average Bonchev–Trinajstić information content (AvgIpc) is 2.71. The topological polar surface area (TPSA) is 82.0 Å². The molecule has 3 rings (SSSR count). The highest BCUT2D eigenvalue weighted by Crippen LogP contribution is 2.38. The van der Waals surface area contributed by atoms with Crippen molar-refractivity contribution in [3.63, 3.8) is 0 Å². The molecule has 0 bridgehead atoms. The van der Waals surface area contributed by atoms with Gasteiger partial charge in [0.15, 0.2) is 0 Å². The summed E-state index contributed by atoms with van der Waals surface area (Å²) in [6.45, 7) is 8.02. The molecular weight excluding hydrogens is 425 g/mol. The molecule has 0 spiro atoms. The van der Waals surface area contributed by atoms with Gasteiger partial charge in [0.2, 0.25) is 0 Å². The van der Waals surface area contributed by atoms with Gasteiger partial charge in [-0.15, -0.1) is 0 Å². The first kappa shape index (κ1) is 26.3. The summed E-state index contributed by atoms with van der Waals surface area (Å²) in [7, 11) is 0. The number of carbonyl (C=O) groups is 1. The predicted octanol–water partition coefficient (Wildman–Crippen LogP) is 5.12. The Morgan fingerprint density at radius 1 is 1.22 bits per heavy atom. The third-order valence-electron chi connectivity index (χ3n) is 6.35. The molecule has 32 heavy (non-hydrogen) atoms. The van der Waals surface area contributed by atoms with Crippen LogP contribution in [0.1, 0.15) is 64.9 Å². The summed E-state index contributed by atoms with van der Waals surface area (Å²) in [6.07, 6.45) is 2.06. The number of hydrogen-bond acceptors (Lipinski definition) is 5. The van der Waals surface area contributed by atoms with Crippen LogP contribution >= 0.6 is 0 Å². The molecule has 0 unspecified atom stereocenters. The van der Waals surface area contributed by atoms with Gasteiger partial charge >= 0.3 is 6.18 Å². The van der Waals surface area contributed by atoms with Crippen LogP contribution in [0.3, 0.4) is 0 Å². The summed E-state index contributed by atoms with van der Waals surface area (Å²) in [6, 6.07) is 3.08. The Labute approximate surface area is 187 Å². The van der Waals surface area contributed by atoms with Crippen LogP contribution in [-0.4, -0.2) is 58.5 Å². The molecule has 9 heteroatoms. The molecule has 1 aromatic carbocycles. The highest BCUT2D eigenvalue weighted by Gasteiger charge is 2.38. The van der Waals surface area contributed by atoms with Crippen LogP contribution in [0.2, 0.25) is 0 Å². The molecule has 0 atom stereocenters. The zero-order chi connectivity index (χ0) is 23.9. The lowest BCUT2D eigenvalue weighted by Gasteiger charge is -2.48. The number of nitrogens with zero attached hydrogens (tertiary/aromatic N) is 1. The Kier molecular flexibility index (Phi) is 9.21. The first-order valence-corrected chi connectivity index (χ1v) is 11.2. The fourth-order valence-corrected chi connectivity index (χ4v) is 4.54. The molecule has 2 fully saturated rings. The molecule has 3 N–H and O–H groups in total. The number of rotatable bonds is 5. The van der Waals surface area contributed by atoms with Gasteiger partial charge < -0.3 is 20.3 Å². The van der Waals surface area contributed by atoms with Crippen molar-refractivity contribution < 1.29 is 32.9 Å². The van der Waals surface area contributed by atoms with Gasteiger partial charge in [0.05, 0.1) is 17.4 Å². The number of anilines is 1. The number of phenolic OH excluding ortho intramolecular Hbond substituents is 1. The zero-order valence-corrected chi connectivity index (χ0v) is 19.0. The third kappa shape index (κ3) is 7.55. The minimum absolute atomic E-state index is 0.0639. The number of carboxylic acid groups (broad SMARTS) is 1. The minimum Gasteiger partial charge on any atom is -0.506 e. The molecule has 6 nitrogen and oxygen atoms in total. The summed E-state index contributed by atoms with van der Waals surface area (Å²) in [5.74, 6) is -0.975. The number of likely N-dealkylation sites (tertiary alicyclic amines) is 1. The Morgan fingerprint density at radius 3 is 2.28 bits per heavy atom. The molecule has 1 aliphatic heterocycles. The zero-order valence-electron chi connectivity index (χ0n) is 19.0. The first-order chi connectivity index (χ1) is 14.9. The van der Waals surface area contributed by atoms with Gasteiger partial charge in [-0.3, -0.25) is 9.69 Å². The van der Waals surface area contributed by atoms with Gasteiger partial charge in [-0.2, -0.15) is 13.2 Å². The van der Waals surface area contributed by atoms with Crippen molar-refractivity contribution in [2.75, 3.05) is 25.0 Å². The fourth-order valence-electron chi connectivity index (χ4n) is 4.54. The van der Waals surface area contributed by atoms with E-state index >= 15 is 0 Å². The van der Waals surface area contributed by atoms with E-state index in [1.54, 1.807) is 0 Å². The van der Waals surface area contributed by atoms with E-state index in [9.17, 15) is 18.3 Å². The standard InChI is InChI=1S/C21H31F3N2O2.C2H4O2/c1-3-28-17-6-10-20(2,11-7-17)26-12-8-16(9-13-26)25-18-14-15(21(22,23)24)4-5-19(18)27;1-2(3)4/h4-5,14,16-17,25,27H,3,6-13H2,1-2H3;1H3,(H,3,4)/t17-,20-;. The van der Waals surface area contributed by atoms with E-state index in [1.165, 1.54) is 0 Å².